The number of carbonyl (C=O) groups excluding carboxylic acids is 1. The van der Waals surface area contributed by atoms with Crippen LogP contribution in [0.1, 0.15) is 17.0 Å². The maximum Gasteiger partial charge on any atom is 0.374 e. The van der Waals surface area contributed by atoms with E-state index in [0.717, 1.165) is 0 Å². The summed E-state index contributed by atoms with van der Waals surface area (Å²) in [4.78, 5) is 11.5. The van der Waals surface area contributed by atoms with Gasteiger partial charge in [-0.2, -0.15) is 0 Å². The first-order chi connectivity index (χ1) is 7.46. The van der Waals surface area contributed by atoms with E-state index in [2.05, 4.69) is 15.9 Å². The predicted octanol–water partition coefficient (Wildman–Crippen LogP) is 1.39. The van der Waals surface area contributed by atoms with Crippen LogP contribution in [0.5, 0.6) is 0 Å². The number of esters is 1. The van der Waals surface area contributed by atoms with E-state index in [4.69, 9.17) is 9.15 Å². The number of halogens is 1. The van der Waals surface area contributed by atoms with Crippen LogP contribution < -0.4 is 0 Å². The largest absolute Gasteiger partial charge is 0.455 e. The molecule has 2 rings (SSSR count). The van der Waals surface area contributed by atoms with Crippen molar-refractivity contribution in [3.63, 3.8) is 0 Å². The second-order valence-electron chi connectivity index (χ2n) is 3.53. The van der Waals surface area contributed by atoms with Crippen molar-refractivity contribution in [3.8, 4) is 0 Å². The summed E-state index contributed by atoms with van der Waals surface area (Å²) >= 11 is 3.06. The van der Waals surface area contributed by atoms with Gasteiger partial charge in [-0.1, -0.05) is 0 Å². The van der Waals surface area contributed by atoms with E-state index in [1.165, 1.54) is 6.07 Å². The van der Waals surface area contributed by atoms with Crippen molar-refractivity contribution in [1.82, 2.24) is 0 Å². The highest BCUT2D eigenvalue weighted by atomic mass is 79.9. The highest BCUT2D eigenvalue weighted by Gasteiger charge is 2.31. The lowest BCUT2D eigenvalue weighted by Gasteiger charge is -2.07. The van der Waals surface area contributed by atoms with Gasteiger partial charge in [0.25, 0.3) is 0 Å². The molecule has 16 heavy (non-hydrogen) atoms. The Morgan fingerprint density at radius 3 is 2.75 bits per heavy atom. The number of furan rings is 1. The number of carbonyl (C=O) groups is 1. The average molecular weight is 309 g/mol. The molecule has 1 atom stereocenters. The molecule has 5 nitrogen and oxygen atoms in total. The third-order valence-corrected chi connectivity index (χ3v) is 4.40. The Hall–Kier alpha value is -0.820. The molecule has 1 aromatic rings. The van der Waals surface area contributed by atoms with Gasteiger partial charge in [0, 0.05) is 0 Å². The topological polar surface area (TPSA) is 73.6 Å². The summed E-state index contributed by atoms with van der Waals surface area (Å²) in [5.41, 5.74) is 0. The molecule has 0 saturated carbocycles. The van der Waals surface area contributed by atoms with Gasteiger partial charge >= 0.3 is 5.97 Å². The molecular formula is C9H9BrO5S. The van der Waals surface area contributed by atoms with E-state index in [9.17, 15) is 13.2 Å². The van der Waals surface area contributed by atoms with E-state index < -0.39 is 21.9 Å². The molecule has 0 aromatic carbocycles. The van der Waals surface area contributed by atoms with E-state index >= 15 is 0 Å². The molecule has 0 spiro atoms. The molecule has 1 aliphatic heterocycles. The minimum atomic E-state index is -3.04. The molecule has 0 N–H and O–H groups in total. The number of hydrogen-bond acceptors (Lipinski definition) is 5. The van der Waals surface area contributed by atoms with Crippen LogP contribution in [0.3, 0.4) is 0 Å². The maximum atomic E-state index is 11.5. The molecule has 1 aromatic heterocycles. The summed E-state index contributed by atoms with van der Waals surface area (Å²) in [7, 11) is -3.04. The SMILES string of the molecule is O=C(O[C@@H]1CCS(=O)(=O)C1)c1ccc(Br)o1. The molecule has 0 bridgehead atoms. The van der Waals surface area contributed by atoms with Gasteiger partial charge in [0.05, 0.1) is 11.5 Å². The van der Waals surface area contributed by atoms with Crippen LogP contribution in [0, 0.1) is 0 Å². The summed E-state index contributed by atoms with van der Waals surface area (Å²) in [6.45, 7) is 0. The molecule has 7 heteroatoms. The summed E-state index contributed by atoms with van der Waals surface area (Å²) in [5, 5.41) is 0. The van der Waals surface area contributed by atoms with Crippen LogP contribution in [0.2, 0.25) is 0 Å². The second-order valence-corrected chi connectivity index (χ2v) is 6.54. The fraction of sp³-hybridized carbons (Fsp3) is 0.444. The summed E-state index contributed by atoms with van der Waals surface area (Å²) in [6.07, 6.45) is -0.197. The second kappa shape index (κ2) is 4.21. The van der Waals surface area contributed by atoms with Crippen molar-refractivity contribution in [2.75, 3.05) is 11.5 Å². The Bertz CT molecular complexity index is 504. The fourth-order valence-electron chi connectivity index (χ4n) is 1.49. The Labute approximate surface area is 101 Å². The number of hydrogen-bond donors (Lipinski definition) is 0. The number of sulfone groups is 1. The lowest BCUT2D eigenvalue weighted by atomic mass is 10.3. The molecule has 0 unspecified atom stereocenters. The smallest absolute Gasteiger partial charge is 0.374 e. The van der Waals surface area contributed by atoms with E-state index in [0.29, 0.717) is 11.1 Å². The fourth-order valence-corrected chi connectivity index (χ4v) is 3.38. The zero-order valence-electron chi connectivity index (χ0n) is 8.18. The number of ether oxygens (including phenoxy) is 1. The third kappa shape index (κ3) is 2.65. The molecular weight excluding hydrogens is 300 g/mol. The molecule has 0 amide bonds. The van der Waals surface area contributed by atoms with Gasteiger partial charge < -0.3 is 9.15 Å². The molecule has 0 radical (unpaired) electrons. The van der Waals surface area contributed by atoms with Crippen LogP contribution in [-0.2, 0) is 14.6 Å². The minimum absolute atomic E-state index is 0.0659. The van der Waals surface area contributed by atoms with Crippen LogP contribution in [0.15, 0.2) is 21.2 Å². The first-order valence-electron chi connectivity index (χ1n) is 4.63. The van der Waals surface area contributed by atoms with Gasteiger partial charge in [-0.25, -0.2) is 13.2 Å². The predicted molar refractivity (Wildman–Crippen MR) is 58.9 cm³/mol. The van der Waals surface area contributed by atoms with Crippen molar-refractivity contribution >= 4 is 31.7 Å². The molecule has 2 heterocycles. The van der Waals surface area contributed by atoms with Crippen LogP contribution in [0.25, 0.3) is 0 Å². The zero-order chi connectivity index (χ0) is 11.8. The van der Waals surface area contributed by atoms with Crippen molar-refractivity contribution in [2.24, 2.45) is 0 Å². The molecule has 88 valence electrons. The third-order valence-electron chi connectivity index (χ3n) is 2.24. The van der Waals surface area contributed by atoms with Crippen molar-refractivity contribution in [2.45, 2.75) is 12.5 Å². The van der Waals surface area contributed by atoms with E-state index in [1.807, 2.05) is 0 Å². The lowest BCUT2D eigenvalue weighted by Crippen LogP contribution is -2.19. The lowest BCUT2D eigenvalue weighted by molar-refractivity contribution is 0.0318. The Kier molecular flexibility index (Phi) is 3.07. The van der Waals surface area contributed by atoms with Gasteiger partial charge in [0.15, 0.2) is 14.5 Å². The number of rotatable bonds is 2. The van der Waals surface area contributed by atoms with E-state index in [1.54, 1.807) is 6.07 Å². The van der Waals surface area contributed by atoms with Gasteiger partial charge in [-0.15, -0.1) is 0 Å². The summed E-state index contributed by atoms with van der Waals surface area (Å²) in [5.74, 6) is -0.586. The summed E-state index contributed by atoms with van der Waals surface area (Å²) in [6, 6.07) is 3.04. The first kappa shape index (κ1) is 11.7. The van der Waals surface area contributed by atoms with Gasteiger partial charge in [-0.05, 0) is 34.5 Å². The molecule has 1 saturated heterocycles. The highest BCUT2D eigenvalue weighted by Crippen LogP contribution is 2.19. The minimum Gasteiger partial charge on any atom is -0.455 e. The van der Waals surface area contributed by atoms with Gasteiger partial charge in [0.2, 0.25) is 5.76 Å². The van der Waals surface area contributed by atoms with Crippen LogP contribution in [0.4, 0.5) is 0 Å². The molecule has 1 fully saturated rings. The van der Waals surface area contributed by atoms with Gasteiger partial charge in [-0.3, -0.25) is 0 Å². The van der Waals surface area contributed by atoms with Crippen molar-refractivity contribution in [3.05, 3.63) is 22.6 Å². The average Bonchev–Trinajstić information content (AvgIpc) is 2.73. The van der Waals surface area contributed by atoms with Crippen molar-refractivity contribution < 1.29 is 22.4 Å². The summed E-state index contributed by atoms with van der Waals surface area (Å²) < 4.78 is 32.7. The van der Waals surface area contributed by atoms with Crippen LogP contribution >= 0.6 is 15.9 Å². The maximum absolute atomic E-state index is 11.5. The first-order valence-corrected chi connectivity index (χ1v) is 7.24. The Morgan fingerprint density at radius 2 is 2.25 bits per heavy atom. The Balaban J connectivity index is 1.99. The Morgan fingerprint density at radius 1 is 1.50 bits per heavy atom. The molecule has 1 aliphatic rings. The van der Waals surface area contributed by atoms with E-state index in [-0.39, 0.29) is 17.3 Å². The van der Waals surface area contributed by atoms with Crippen molar-refractivity contribution in [1.29, 1.82) is 0 Å². The normalized spacial score (nSPS) is 23.2. The molecule has 0 aliphatic carbocycles. The monoisotopic (exact) mass is 308 g/mol. The quantitative estimate of drug-likeness (QED) is 0.772. The highest BCUT2D eigenvalue weighted by molar-refractivity contribution is 9.10. The van der Waals surface area contributed by atoms with Gasteiger partial charge in [0.1, 0.15) is 6.10 Å². The van der Waals surface area contributed by atoms with Crippen LogP contribution in [-0.4, -0.2) is 32.0 Å². The zero-order valence-corrected chi connectivity index (χ0v) is 10.6. The standard InChI is InChI=1S/C9H9BrO5S/c10-8-2-1-7(15-8)9(11)14-6-3-4-16(12,13)5-6/h1-2,6H,3-5H2/t6-/m1/s1.